The molecule has 0 aliphatic carbocycles. The molecule has 0 radical (unpaired) electrons. The van der Waals surface area contributed by atoms with Crippen molar-refractivity contribution in [3.8, 4) is 0 Å². The molecule has 0 bridgehead atoms. The summed E-state index contributed by atoms with van der Waals surface area (Å²) in [7, 11) is -0.351. The lowest BCUT2D eigenvalue weighted by molar-refractivity contribution is 0.00578. The molecule has 2 heterocycles. The summed E-state index contributed by atoms with van der Waals surface area (Å²) in [5.74, 6) is 0. The van der Waals surface area contributed by atoms with Gasteiger partial charge in [-0.15, -0.1) is 0 Å². The number of hydrogen-bond donors (Lipinski definition) is 0. The summed E-state index contributed by atoms with van der Waals surface area (Å²) in [4.78, 5) is 0. The van der Waals surface area contributed by atoms with E-state index in [1.54, 1.807) is 6.26 Å². The maximum absolute atomic E-state index is 5.99. The maximum atomic E-state index is 5.99. The van der Waals surface area contributed by atoms with Crippen LogP contribution in [0.4, 0.5) is 0 Å². The lowest BCUT2D eigenvalue weighted by Crippen LogP contribution is -2.41. The van der Waals surface area contributed by atoms with Crippen LogP contribution in [0.25, 0.3) is 10.9 Å². The van der Waals surface area contributed by atoms with Crippen LogP contribution in [0.15, 0.2) is 29.0 Å². The van der Waals surface area contributed by atoms with Crippen molar-refractivity contribution in [2.24, 2.45) is 0 Å². The second-order valence-electron chi connectivity index (χ2n) is 5.72. The average Bonchev–Trinajstić information content (AvgIpc) is 2.80. The van der Waals surface area contributed by atoms with Gasteiger partial charge in [-0.2, -0.15) is 0 Å². The Balaban J connectivity index is 1.96. The van der Waals surface area contributed by atoms with Crippen LogP contribution in [0.5, 0.6) is 0 Å². The van der Waals surface area contributed by atoms with Gasteiger partial charge in [-0.3, -0.25) is 0 Å². The first-order valence-electron chi connectivity index (χ1n) is 6.09. The Morgan fingerprint density at radius 2 is 1.72 bits per heavy atom. The Bertz CT molecular complexity index is 575. The number of rotatable bonds is 1. The number of hydrogen-bond acceptors (Lipinski definition) is 4. The summed E-state index contributed by atoms with van der Waals surface area (Å²) < 4.78 is 16.9. The van der Waals surface area contributed by atoms with Gasteiger partial charge in [0.05, 0.1) is 11.2 Å². The van der Waals surface area contributed by atoms with Crippen molar-refractivity contribution in [1.82, 2.24) is 5.16 Å². The minimum Gasteiger partial charge on any atom is -0.399 e. The highest BCUT2D eigenvalue weighted by molar-refractivity contribution is 6.62. The van der Waals surface area contributed by atoms with Crippen LogP contribution in [0, 0.1) is 0 Å². The molecule has 0 amide bonds. The van der Waals surface area contributed by atoms with E-state index in [0.717, 1.165) is 16.4 Å². The van der Waals surface area contributed by atoms with Gasteiger partial charge in [0.25, 0.3) is 0 Å². The van der Waals surface area contributed by atoms with Gasteiger partial charge in [-0.05, 0) is 45.3 Å². The van der Waals surface area contributed by atoms with E-state index in [4.69, 9.17) is 13.8 Å². The van der Waals surface area contributed by atoms with Crippen molar-refractivity contribution < 1.29 is 13.8 Å². The summed E-state index contributed by atoms with van der Waals surface area (Å²) in [5.41, 5.74) is 1.14. The van der Waals surface area contributed by atoms with Crippen LogP contribution in [0.3, 0.4) is 0 Å². The molecule has 0 spiro atoms. The number of nitrogens with zero attached hydrogens (tertiary/aromatic N) is 1. The molecule has 1 aliphatic rings. The van der Waals surface area contributed by atoms with Gasteiger partial charge >= 0.3 is 7.12 Å². The van der Waals surface area contributed by atoms with Crippen LogP contribution in [0.2, 0.25) is 0 Å². The maximum Gasteiger partial charge on any atom is 0.494 e. The second-order valence-corrected chi connectivity index (χ2v) is 5.72. The first kappa shape index (κ1) is 11.7. The molecule has 0 saturated carbocycles. The Labute approximate surface area is 106 Å². The lowest BCUT2D eigenvalue weighted by atomic mass is 9.79. The summed E-state index contributed by atoms with van der Waals surface area (Å²) in [6.45, 7) is 8.17. The molecule has 3 rings (SSSR count). The Morgan fingerprint density at radius 3 is 2.39 bits per heavy atom. The Kier molecular flexibility index (Phi) is 2.34. The first-order valence-corrected chi connectivity index (χ1v) is 6.09. The van der Waals surface area contributed by atoms with E-state index >= 15 is 0 Å². The largest absolute Gasteiger partial charge is 0.494 e. The molecular weight excluding hydrogens is 229 g/mol. The van der Waals surface area contributed by atoms with Gasteiger partial charge in [0, 0.05) is 5.39 Å². The quantitative estimate of drug-likeness (QED) is 0.722. The van der Waals surface area contributed by atoms with Crippen LogP contribution in [0.1, 0.15) is 27.7 Å². The van der Waals surface area contributed by atoms with E-state index in [1.165, 1.54) is 0 Å². The van der Waals surface area contributed by atoms with E-state index in [0.29, 0.717) is 0 Å². The molecule has 1 aromatic carbocycles. The highest BCUT2D eigenvalue weighted by Gasteiger charge is 2.51. The molecule has 18 heavy (non-hydrogen) atoms. The predicted octanol–water partition coefficient (Wildman–Crippen LogP) is 2.13. The number of aromatic nitrogens is 1. The van der Waals surface area contributed by atoms with E-state index in [9.17, 15) is 0 Å². The Hall–Kier alpha value is -1.33. The molecule has 1 fully saturated rings. The molecule has 0 atom stereocenters. The summed E-state index contributed by atoms with van der Waals surface area (Å²) >= 11 is 0. The fourth-order valence-electron chi connectivity index (χ4n) is 2.01. The van der Waals surface area contributed by atoms with Gasteiger partial charge < -0.3 is 13.8 Å². The summed E-state index contributed by atoms with van der Waals surface area (Å²) in [5, 5.41) is 4.92. The van der Waals surface area contributed by atoms with Crippen molar-refractivity contribution in [2.75, 3.05) is 0 Å². The highest BCUT2D eigenvalue weighted by Crippen LogP contribution is 2.36. The Morgan fingerprint density at radius 1 is 1.06 bits per heavy atom. The van der Waals surface area contributed by atoms with Gasteiger partial charge in [0.2, 0.25) is 0 Å². The second kappa shape index (κ2) is 3.59. The third-order valence-corrected chi connectivity index (χ3v) is 3.91. The molecule has 94 valence electrons. The molecule has 4 nitrogen and oxygen atoms in total. The topological polar surface area (TPSA) is 44.5 Å². The van der Waals surface area contributed by atoms with Crippen LogP contribution in [-0.4, -0.2) is 23.5 Å². The van der Waals surface area contributed by atoms with Crippen LogP contribution >= 0.6 is 0 Å². The van der Waals surface area contributed by atoms with Crippen LogP contribution < -0.4 is 5.46 Å². The van der Waals surface area contributed by atoms with Gasteiger partial charge in [0.15, 0.2) is 0 Å². The molecule has 2 aromatic rings. The minimum absolute atomic E-state index is 0.323. The molecular formula is C13H16BNO3. The average molecular weight is 245 g/mol. The monoisotopic (exact) mass is 245 g/mol. The fourth-order valence-corrected chi connectivity index (χ4v) is 2.01. The predicted molar refractivity (Wildman–Crippen MR) is 69.7 cm³/mol. The zero-order chi connectivity index (χ0) is 13.0. The van der Waals surface area contributed by atoms with E-state index < -0.39 is 0 Å². The van der Waals surface area contributed by atoms with Crippen molar-refractivity contribution in [2.45, 2.75) is 38.9 Å². The highest BCUT2D eigenvalue weighted by atomic mass is 16.7. The number of benzene rings is 1. The normalized spacial score (nSPS) is 21.7. The van der Waals surface area contributed by atoms with Gasteiger partial charge in [-0.1, -0.05) is 11.2 Å². The standard InChI is InChI=1S/C13H16BNO3/c1-12(2)13(3,4)18-14(17-12)10-6-5-9-8-16-15-11(9)7-10/h5-8H,1-4H3. The lowest BCUT2D eigenvalue weighted by Gasteiger charge is -2.32. The fraction of sp³-hybridized carbons (Fsp3) is 0.462. The van der Waals surface area contributed by atoms with Crippen molar-refractivity contribution in [3.63, 3.8) is 0 Å². The van der Waals surface area contributed by atoms with Crippen molar-refractivity contribution in [1.29, 1.82) is 0 Å². The molecule has 1 saturated heterocycles. The van der Waals surface area contributed by atoms with Crippen molar-refractivity contribution >= 4 is 23.5 Å². The summed E-state index contributed by atoms with van der Waals surface area (Å²) in [6, 6.07) is 5.90. The molecule has 1 aliphatic heterocycles. The smallest absolute Gasteiger partial charge is 0.399 e. The van der Waals surface area contributed by atoms with Gasteiger partial charge in [0.1, 0.15) is 11.8 Å². The molecule has 1 aromatic heterocycles. The zero-order valence-electron chi connectivity index (χ0n) is 11.1. The number of fused-ring (bicyclic) bond motifs is 1. The minimum atomic E-state index is -0.351. The summed E-state index contributed by atoms with van der Waals surface area (Å²) in [6.07, 6.45) is 1.63. The van der Waals surface area contributed by atoms with E-state index in [2.05, 4.69) is 5.16 Å². The first-order chi connectivity index (χ1) is 8.39. The third-order valence-electron chi connectivity index (χ3n) is 3.91. The van der Waals surface area contributed by atoms with Crippen molar-refractivity contribution in [3.05, 3.63) is 24.5 Å². The molecule has 0 unspecified atom stereocenters. The zero-order valence-corrected chi connectivity index (χ0v) is 11.1. The van der Waals surface area contributed by atoms with E-state index in [1.807, 2.05) is 45.9 Å². The van der Waals surface area contributed by atoms with Gasteiger partial charge in [-0.25, -0.2) is 0 Å². The SMILES string of the molecule is CC1(C)OB(c2ccc3conc3c2)OC1(C)C. The van der Waals surface area contributed by atoms with E-state index in [-0.39, 0.29) is 18.3 Å². The molecule has 5 heteroatoms. The molecule has 0 N–H and O–H groups in total. The van der Waals surface area contributed by atoms with Crippen LogP contribution in [-0.2, 0) is 9.31 Å². The third kappa shape index (κ3) is 1.66.